The summed E-state index contributed by atoms with van der Waals surface area (Å²) in [5, 5.41) is 0. The van der Waals surface area contributed by atoms with Crippen molar-refractivity contribution in [1.29, 1.82) is 0 Å². The second kappa shape index (κ2) is 14.6. The van der Waals surface area contributed by atoms with Gasteiger partial charge in [-0.15, -0.1) is 0 Å². The van der Waals surface area contributed by atoms with Crippen LogP contribution in [0.3, 0.4) is 0 Å². The molecule has 0 radical (unpaired) electrons. The molecule has 0 fully saturated rings. The van der Waals surface area contributed by atoms with E-state index in [2.05, 4.69) is 199 Å². The average Bonchev–Trinajstić information content (AvgIpc) is 3.11. The monoisotopic (exact) mass is 623 g/mol. The van der Waals surface area contributed by atoms with Crippen LogP contribution in [0.15, 0.2) is 194 Å². The Morgan fingerprint density at radius 3 is 1.33 bits per heavy atom. The summed E-state index contributed by atoms with van der Waals surface area (Å²) in [6, 6.07) is 55.7. The predicted molar refractivity (Wildman–Crippen MR) is 207 cm³/mol. The van der Waals surface area contributed by atoms with E-state index < -0.39 is 0 Å². The first-order valence-corrected chi connectivity index (χ1v) is 16.2. The summed E-state index contributed by atoms with van der Waals surface area (Å²) in [4.78, 5) is 6.81. The Bertz CT molecular complexity index is 2010. The number of para-hydroxylation sites is 2. The van der Waals surface area contributed by atoms with Crippen molar-refractivity contribution in [1.82, 2.24) is 0 Å². The van der Waals surface area contributed by atoms with Gasteiger partial charge in [0.1, 0.15) is 0 Å². The van der Waals surface area contributed by atoms with Crippen LogP contribution in [-0.2, 0) is 0 Å². The first-order valence-electron chi connectivity index (χ1n) is 16.2. The lowest BCUT2D eigenvalue weighted by atomic mass is 10.1. The van der Waals surface area contributed by atoms with Gasteiger partial charge in [0, 0.05) is 51.2 Å². The molecule has 236 valence electrons. The highest BCUT2D eigenvalue weighted by molar-refractivity contribution is 5.82. The van der Waals surface area contributed by atoms with Gasteiger partial charge in [0.05, 0.1) is 0 Å². The third-order valence-corrected chi connectivity index (χ3v) is 8.17. The topological polar surface area (TPSA) is 9.72 Å². The quantitative estimate of drug-likeness (QED) is 0.133. The van der Waals surface area contributed by atoms with Crippen LogP contribution in [0, 0.1) is 13.8 Å². The van der Waals surface area contributed by atoms with Gasteiger partial charge in [0.25, 0.3) is 0 Å². The van der Waals surface area contributed by atoms with Crippen molar-refractivity contribution < 1.29 is 0 Å². The standard InChI is InChI=1S/C45H41N3/c1-6-37(32-34(2)3)46(38-15-9-7-10-16-38)41-24-26-42(27-25-41)47(40-22-20-35(4)21-23-40)43-28-30-44(31-29-43)48(39-17-11-8-12-18-39)45-19-13-14-36(5)33-45/h6-33H,1-2H2,3-5H3/b37-32+. The Balaban J connectivity index is 1.41. The summed E-state index contributed by atoms with van der Waals surface area (Å²) < 4.78 is 0. The lowest BCUT2D eigenvalue weighted by molar-refractivity contribution is 1.20. The molecule has 0 aliphatic heterocycles. The van der Waals surface area contributed by atoms with Gasteiger partial charge >= 0.3 is 0 Å². The molecule has 6 rings (SSSR count). The Hall–Kier alpha value is -6.06. The summed E-state index contributed by atoms with van der Waals surface area (Å²) in [5.74, 6) is 0. The smallest absolute Gasteiger partial charge is 0.0464 e. The van der Waals surface area contributed by atoms with Crippen molar-refractivity contribution in [2.75, 3.05) is 14.7 Å². The zero-order valence-electron chi connectivity index (χ0n) is 27.9. The Labute approximate surface area is 285 Å². The largest absolute Gasteiger partial charge is 0.311 e. The Kier molecular flexibility index (Phi) is 9.69. The van der Waals surface area contributed by atoms with E-state index in [0.717, 1.165) is 56.8 Å². The maximum absolute atomic E-state index is 4.12. The molecular formula is C45H41N3. The third kappa shape index (κ3) is 7.16. The van der Waals surface area contributed by atoms with Crippen LogP contribution in [0.5, 0.6) is 0 Å². The van der Waals surface area contributed by atoms with E-state index in [-0.39, 0.29) is 0 Å². The molecule has 0 N–H and O–H groups in total. The SMILES string of the molecule is C=C/C(=C\C(=C)C)N(c1ccccc1)c1ccc(N(c2ccc(C)cc2)c2ccc(N(c3ccccc3)c3cccc(C)c3)cc2)cc1. The molecule has 0 amide bonds. The van der Waals surface area contributed by atoms with Crippen LogP contribution >= 0.6 is 0 Å². The van der Waals surface area contributed by atoms with E-state index in [4.69, 9.17) is 0 Å². The minimum absolute atomic E-state index is 0.962. The summed E-state index contributed by atoms with van der Waals surface area (Å²) in [5.41, 5.74) is 13.0. The van der Waals surface area contributed by atoms with Crippen LogP contribution in [-0.4, -0.2) is 0 Å². The van der Waals surface area contributed by atoms with Crippen molar-refractivity contribution in [3.8, 4) is 0 Å². The number of hydrogen-bond acceptors (Lipinski definition) is 3. The fraction of sp³-hybridized carbons (Fsp3) is 0.0667. The van der Waals surface area contributed by atoms with Crippen molar-refractivity contribution >= 4 is 45.5 Å². The minimum atomic E-state index is 0.962. The number of allylic oxidation sites excluding steroid dienone is 3. The molecule has 0 saturated carbocycles. The van der Waals surface area contributed by atoms with Gasteiger partial charge in [-0.05, 0) is 136 Å². The van der Waals surface area contributed by atoms with Crippen molar-refractivity contribution in [2.45, 2.75) is 20.8 Å². The molecule has 0 unspecified atom stereocenters. The number of aryl methyl sites for hydroxylation is 2. The summed E-state index contributed by atoms with van der Waals surface area (Å²) in [6.07, 6.45) is 3.94. The molecule has 0 bridgehead atoms. The highest BCUT2D eigenvalue weighted by Gasteiger charge is 2.18. The van der Waals surface area contributed by atoms with E-state index in [1.165, 1.54) is 11.1 Å². The van der Waals surface area contributed by atoms with Crippen molar-refractivity contribution in [3.05, 3.63) is 205 Å². The van der Waals surface area contributed by atoms with Gasteiger partial charge in [-0.1, -0.05) is 85.0 Å². The van der Waals surface area contributed by atoms with Gasteiger partial charge in [-0.2, -0.15) is 0 Å². The lowest BCUT2D eigenvalue weighted by Crippen LogP contribution is -2.16. The average molecular weight is 624 g/mol. The number of benzene rings is 6. The molecule has 0 aromatic heterocycles. The molecule has 6 aromatic rings. The van der Waals surface area contributed by atoms with E-state index in [9.17, 15) is 0 Å². The summed E-state index contributed by atoms with van der Waals surface area (Å²) >= 11 is 0. The van der Waals surface area contributed by atoms with Gasteiger partial charge in [0.15, 0.2) is 0 Å². The minimum Gasteiger partial charge on any atom is -0.311 e. The van der Waals surface area contributed by atoms with Crippen molar-refractivity contribution in [2.24, 2.45) is 0 Å². The highest BCUT2D eigenvalue weighted by Crippen LogP contribution is 2.40. The molecule has 3 heteroatoms. The Morgan fingerprint density at radius 1 is 0.458 bits per heavy atom. The highest BCUT2D eigenvalue weighted by atomic mass is 15.2. The van der Waals surface area contributed by atoms with E-state index in [1.807, 2.05) is 19.1 Å². The van der Waals surface area contributed by atoms with Gasteiger partial charge < -0.3 is 14.7 Å². The van der Waals surface area contributed by atoms with Gasteiger partial charge in [-0.25, -0.2) is 0 Å². The normalized spacial score (nSPS) is 11.1. The van der Waals surface area contributed by atoms with Gasteiger partial charge in [-0.3, -0.25) is 0 Å². The Morgan fingerprint density at radius 2 is 0.854 bits per heavy atom. The number of rotatable bonds is 11. The molecule has 3 nitrogen and oxygen atoms in total. The van der Waals surface area contributed by atoms with Crippen LogP contribution in [0.2, 0.25) is 0 Å². The van der Waals surface area contributed by atoms with Gasteiger partial charge in [0.2, 0.25) is 0 Å². The molecule has 0 aliphatic carbocycles. The maximum Gasteiger partial charge on any atom is 0.0464 e. The summed E-state index contributed by atoms with van der Waals surface area (Å²) in [6.45, 7) is 14.5. The first-order chi connectivity index (χ1) is 23.4. The predicted octanol–water partition coefficient (Wildman–Crippen LogP) is 13.0. The second-order valence-corrected chi connectivity index (χ2v) is 12.0. The summed E-state index contributed by atoms with van der Waals surface area (Å²) in [7, 11) is 0. The van der Waals surface area contributed by atoms with Crippen LogP contribution < -0.4 is 14.7 Å². The molecule has 0 atom stereocenters. The fourth-order valence-electron chi connectivity index (χ4n) is 5.93. The molecule has 0 aliphatic rings. The lowest BCUT2D eigenvalue weighted by Gasteiger charge is -2.30. The van der Waals surface area contributed by atoms with E-state index in [0.29, 0.717) is 0 Å². The fourth-order valence-corrected chi connectivity index (χ4v) is 5.93. The molecule has 0 saturated heterocycles. The maximum atomic E-state index is 4.12. The number of nitrogens with zero attached hydrogens (tertiary/aromatic N) is 3. The number of hydrogen-bond donors (Lipinski definition) is 0. The molecule has 6 aromatic carbocycles. The van der Waals surface area contributed by atoms with Crippen LogP contribution in [0.25, 0.3) is 0 Å². The molecular weight excluding hydrogens is 583 g/mol. The van der Waals surface area contributed by atoms with Crippen LogP contribution in [0.1, 0.15) is 18.1 Å². The van der Waals surface area contributed by atoms with E-state index in [1.54, 1.807) is 0 Å². The molecule has 0 heterocycles. The third-order valence-electron chi connectivity index (χ3n) is 8.17. The zero-order chi connectivity index (χ0) is 33.5. The zero-order valence-corrected chi connectivity index (χ0v) is 27.9. The second-order valence-electron chi connectivity index (χ2n) is 12.0. The van der Waals surface area contributed by atoms with E-state index >= 15 is 0 Å². The van der Waals surface area contributed by atoms with Crippen molar-refractivity contribution in [3.63, 3.8) is 0 Å². The first kappa shape index (κ1) is 31.9. The number of anilines is 8. The van der Waals surface area contributed by atoms with Crippen LogP contribution in [0.4, 0.5) is 45.5 Å². The molecule has 48 heavy (non-hydrogen) atoms. The molecule has 0 spiro atoms.